The van der Waals surface area contributed by atoms with Crippen molar-refractivity contribution in [3.8, 4) is 0 Å². The Bertz CT molecular complexity index is 604. The summed E-state index contributed by atoms with van der Waals surface area (Å²) in [5, 5.41) is 9.36. The number of carboxylic acids is 1. The number of hydrogen-bond acceptors (Lipinski definition) is 4. The van der Waals surface area contributed by atoms with Gasteiger partial charge in [-0.1, -0.05) is 0 Å². The molecule has 0 aliphatic heterocycles. The first-order valence-corrected chi connectivity index (χ1v) is 6.49. The molecule has 7 nitrogen and oxygen atoms in total. The van der Waals surface area contributed by atoms with Gasteiger partial charge in [0.25, 0.3) is 0 Å². The van der Waals surface area contributed by atoms with Crippen LogP contribution in [-0.2, 0) is 15.6 Å². The van der Waals surface area contributed by atoms with Gasteiger partial charge in [0.2, 0.25) is 5.91 Å². The maximum Gasteiger partial charge on any atom is 0.338 e. The van der Waals surface area contributed by atoms with Crippen LogP contribution in [0.2, 0.25) is 0 Å². The Morgan fingerprint density at radius 3 is 2.50 bits per heavy atom. The molecule has 9 heteroatoms. The largest absolute Gasteiger partial charge is 0.478 e. The third kappa shape index (κ3) is 3.60. The van der Waals surface area contributed by atoms with Gasteiger partial charge in [0.1, 0.15) is 11.1 Å². The van der Waals surface area contributed by atoms with Crippen LogP contribution in [0, 0.1) is 5.82 Å². The number of aromatic carboxylic acids is 1. The lowest BCUT2D eigenvalue weighted by molar-refractivity contribution is -0.119. The van der Waals surface area contributed by atoms with Crippen molar-refractivity contribution in [2.45, 2.75) is 17.1 Å². The van der Waals surface area contributed by atoms with Crippen LogP contribution in [0.5, 0.6) is 0 Å². The molecule has 0 bridgehead atoms. The maximum absolute atomic E-state index is 13.2. The van der Waals surface area contributed by atoms with E-state index in [-0.39, 0.29) is 4.90 Å². The molecule has 1 rings (SSSR count). The Labute approximate surface area is 115 Å². The van der Waals surface area contributed by atoms with Crippen LogP contribution in [-0.4, -0.2) is 32.5 Å². The van der Waals surface area contributed by atoms with Gasteiger partial charge in [0.15, 0.2) is 0 Å². The minimum Gasteiger partial charge on any atom is -0.478 e. The topological polar surface area (TPSA) is 127 Å². The number of amides is 3. The summed E-state index contributed by atoms with van der Waals surface area (Å²) in [5.41, 5.74) is 4.10. The molecule has 3 amide bonds. The summed E-state index contributed by atoms with van der Waals surface area (Å²) in [7, 11) is -1.96. The highest BCUT2D eigenvalue weighted by Crippen LogP contribution is 2.16. The quantitative estimate of drug-likeness (QED) is 0.733. The van der Waals surface area contributed by atoms with Gasteiger partial charge in [-0.2, -0.15) is 0 Å². The van der Waals surface area contributed by atoms with E-state index in [2.05, 4.69) is 0 Å². The first-order valence-electron chi connectivity index (χ1n) is 5.27. The highest BCUT2D eigenvalue weighted by Gasteiger charge is 2.24. The van der Waals surface area contributed by atoms with E-state index >= 15 is 0 Å². The number of carbonyl (C=O) groups is 3. The normalized spacial score (nSPS) is 13.3. The molecule has 1 aromatic carbocycles. The highest BCUT2D eigenvalue weighted by atomic mass is 32.2. The number of rotatable bonds is 4. The molecule has 1 aromatic rings. The Morgan fingerprint density at radius 1 is 1.40 bits per heavy atom. The molecule has 4 N–H and O–H groups in total. The molecule has 0 saturated carbocycles. The van der Waals surface area contributed by atoms with E-state index in [4.69, 9.17) is 10.8 Å². The lowest BCUT2D eigenvalue weighted by Gasteiger charge is -2.11. The monoisotopic (exact) mass is 302 g/mol. The van der Waals surface area contributed by atoms with E-state index in [0.717, 1.165) is 18.2 Å². The second-order valence-electron chi connectivity index (χ2n) is 3.74. The lowest BCUT2D eigenvalue weighted by Crippen LogP contribution is -2.42. The van der Waals surface area contributed by atoms with Gasteiger partial charge >= 0.3 is 12.0 Å². The minimum atomic E-state index is -1.96. The van der Waals surface area contributed by atoms with E-state index < -0.39 is 45.3 Å². The molecule has 0 fully saturated rings. The number of carbonyl (C=O) groups excluding carboxylic acids is 2. The third-order valence-electron chi connectivity index (χ3n) is 2.34. The predicted molar refractivity (Wildman–Crippen MR) is 67.0 cm³/mol. The Kier molecular flexibility index (Phi) is 4.92. The average Bonchev–Trinajstić information content (AvgIpc) is 2.36. The molecule has 108 valence electrons. The van der Waals surface area contributed by atoms with Crippen LogP contribution in [0.3, 0.4) is 0 Å². The van der Waals surface area contributed by atoms with Crippen molar-refractivity contribution in [3.05, 3.63) is 29.6 Å². The molecule has 20 heavy (non-hydrogen) atoms. The highest BCUT2D eigenvalue weighted by molar-refractivity contribution is 7.86. The lowest BCUT2D eigenvalue weighted by atomic mass is 10.2. The van der Waals surface area contributed by atoms with Gasteiger partial charge < -0.3 is 10.8 Å². The maximum atomic E-state index is 13.2. The van der Waals surface area contributed by atoms with Crippen LogP contribution in [0.15, 0.2) is 23.1 Å². The van der Waals surface area contributed by atoms with Crippen molar-refractivity contribution in [2.75, 3.05) is 0 Å². The predicted octanol–water partition coefficient (Wildman–Crippen LogP) is 0.215. The fourth-order valence-electron chi connectivity index (χ4n) is 1.32. The summed E-state index contributed by atoms with van der Waals surface area (Å²) >= 11 is 0. The van der Waals surface area contributed by atoms with Gasteiger partial charge in [0, 0.05) is 4.90 Å². The first kappa shape index (κ1) is 15.8. The van der Waals surface area contributed by atoms with Crippen molar-refractivity contribution >= 4 is 28.7 Å². The molecule has 0 saturated heterocycles. The van der Waals surface area contributed by atoms with E-state index in [9.17, 15) is 23.0 Å². The summed E-state index contributed by atoms with van der Waals surface area (Å²) in [6, 6.07) is 1.73. The summed E-state index contributed by atoms with van der Waals surface area (Å²) < 4.78 is 25.2. The number of primary amides is 1. The summed E-state index contributed by atoms with van der Waals surface area (Å²) in [5.74, 6) is -3.37. The Morgan fingerprint density at radius 2 is 2.00 bits per heavy atom. The number of halogens is 1. The molecule has 0 aromatic heterocycles. The van der Waals surface area contributed by atoms with Crippen LogP contribution in [0.4, 0.5) is 9.18 Å². The fraction of sp³-hybridized carbons (Fsp3) is 0.182. The number of urea groups is 1. The summed E-state index contributed by atoms with van der Waals surface area (Å²) in [6.45, 7) is 1.26. The molecule has 2 unspecified atom stereocenters. The number of carboxylic acid groups (broad SMARTS) is 1. The summed E-state index contributed by atoms with van der Waals surface area (Å²) in [4.78, 5) is 32.7. The fourth-order valence-corrected chi connectivity index (χ4v) is 2.42. The van der Waals surface area contributed by atoms with Gasteiger partial charge in [-0.25, -0.2) is 14.0 Å². The Hall–Kier alpha value is -2.29. The summed E-state index contributed by atoms with van der Waals surface area (Å²) in [6.07, 6.45) is 0. The number of hydrogen-bond donors (Lipinski definition) is 3. The minimum absolute atomic E-state index is 0.0454. The van der Waals surface area contributed by atoms with Gasteiger partial charge in [-0.05, 0) is 25.1 Å². The van der Waals surface area contributed by atoms with Gasteiger partial charge in [-0.3, -0.25) is 14.3 Å². The van der Waals surface area contributed by atoms with Gasteiger partial charge in [-0.15, -0.1) is 0 Å². The zero-order chi connectivity index (χ0) is 15.4. The molecule has 0 aliphatic rings. The molecule has 2 atom stereocenters. The smallest absolute Gasteiger partial charge is 0.338 e. The first-order chi connectivity index (χ1) is 9.23. The standard InChI is InChI=1S/C11H11FN2O5S/c1-5(9(15)14-11(13)18)20(19)6-2-3-8(12)7(4-6)10(16)17/h2-5H,1H3,(H,16,17)(H3,13,14,15,18). The zero-order valence-electron chi connectivity index (χ0n) is 10.3. The van der Waals surface area contributed by atoms with Crippen molar-refractivity contribution in [3.63, 3.8) is 0 Å². The second-order valence-corrected chi connectivity index (χ2v) is 5.51. The van der Waals surface area contributed by atoms with Crippen molar-refractivity contribution in [2.24, 2.45) is 5.73 Å². The number of nitrogens with one attached hydrogen (secondary N) is 1. The van der Waals surface area contributed by atoms with Crippen LogP contribution in [0.1, 0.15) is 17.3 Å². The van der Waals surface area contributed by atoms with E-state index in [1.165, 1.54) is 6.92 Å². The van der Waals surface area contributed by atoms with Crippen LogP contribution >= 0.6 is 0 Å². The van der Waals surface area contributed by atoms with E-state index in [1.54, 1.807) is 5.32 Å². The second kappa shape index (κ2) is 6.24. The SMILES string of the molecule is CC(C(=O)NC(N)=O)S(=O)c1ccc(F)c(C(=O)O)c1. The van der Waals surface area contributed by atoms with Crippen LogP contribution < -0.4 is 11.1 Å². The average molecular weight is 302 g/mol. The number of benzene rings is 1. The molecule has 0 spiro atoms. The van der Waals surface area contributed by atoms with E-state index in [0.29, 0.717) is 0 Å². The van der Waals surface area contributed by atoms with Gasteiger partial charge in [0.05, 0.1) is 16.4 Å². The Balaban J connectivity index is 3.03. The zero-order valence-corrected chi connectivity index (χ0v) is 11.1. The molecular weight excluding hydrogens is 291 g/mol. The van der Waals surface area contributed by atoms with Crippen molar-refractivity contribution < 1.29 is 28.1 Å². The number of imide groups is 1. The van der Waals surface area contributed by atoms with Crippen molar-refractivity contribution in [1.82, 2.24) is 5.32 Å². The molecular formula is C11H11FN2O5S. The molecule has 0 radical (unpaired) electrons. The third-order valence-corrected chi connectivity index (χ3v) is 3.91. The molecule has 0 aliphatic carbocycles. The van der Waals surface area contributed by atoms with Crippen LogP contribution in [0.25, 0.3) is 0 Å². The molecule has 0 heterocycles. The van der Waals surface area contributed by atoms with E-state index in [1.807, 2.05) is 0 Å². The number of nitrogens with two attached hydrogens (primary N) is 1. The van der Waals surface area contributed by atoms with Crippen molar-refractivity contribution in [1.29, 1.82) is 0 Å².